The van der Waals surface area contributed by atoms with Gasteiger partial charge < -0.3 is 14.8 Å². The average molecular weight is 495 g/mol. The molecule has 1 amide bonds. The Hall–Kier alpha value is -3.76. The highest BCUT2D eigenvalue weighted by atomic mass is 32.2. The summed E-state index contributed by atoms with van der Waals surface area (Å²) in [4.78, 5) is 40.3. The molecule has 1 aliphatic carbocycles. The molecular weight excluding hydrogens is 468 g/mol. The van der Waals surface area contributed by atoms with Crippen LogP contribution in [0.25, 0.3) is 0 Å². The fourth-order valence-electron chi connectivity index (χ4n) is 3.99. The molecule has 9 nitrogen and oxygen atoms in total. The van der Waals surface area contributed by atoms with Crippen LogP contribution >= 0.6 is 0 Å². The molecule has 35 heavy (non-hydrogen) atoms. The molecule has 0 radical (unpaired) electrons. The normalized spacial score (nSPS) is 12.9. The predicted octanol–water partition coefficient (Wildman–Crippen LogP) is 2.28. The molecule has 0 bridgehead atoms. The summed E-state index contributed by atoms with van der Waals surface area (Å²) in [5.74, 6) is -1.14. The Balaban J connectivity index is 1.59. The standard InChI is InChI=1S/C25H26N4O5S/c1-28(2)12-6-11-26-25(32)21-14-29(3)15-22(21)27-35(33,34)16-9-10-19-20(13-16)24(31)18-8-5-4-7-17(18)23(19)30/h4-5,7-10,13-15,27H,6,11-12H2,1-3H3,(H,26,32). The van der Waals surface area contributed by atoms with Crippen LogP contribution in [-0.2, 0) is 17.1 Å². The number of hydrogen-bond acceptors (Lipinski definition) is 6. The number of hydrogen-bond donors (Lipinski definition) is 2. The van der Waals surface area contributed by atoms with Crippen LogP contribution < -0.4 is 10.0 Å². The van der Waals surface area contributed by atoms with Crippen molar-refractivity contribution in [2.24, 2.45) is 7.05 Å². The van der Waals surface area contributed by atoms with Crippen molar-refractivity contribution in [3.63, 3.8) is 0 Å². The van der Waals surface area contributed by atoms with E-state index in [0.717, 1.165) is 13.0 Å². The fourth-order valence-corrected chi connectivity index (χ4v) is 5.08. The van der Waals surface area contributed by atoms with Gasteiger partial charge in [0, 0.05) is 48.2 Å². The van der Waals surface area contributed by atoms with Crippen molar-refractivity contribution in [1.82, 2.24) is 14.8 Å². The van der Waals surface area contributed by atoms with Crippen LogP contribution in [0.15, 0.2) is 59.8 Å². The number of ketones is 2. The number of carbonyl (C=O) groups excluding carboxylic acids is 3. The number of aryl methyl sites for hydroxylation is 1. The number of nitrogens with zero attached hydrogens (tertiary/aromatic N) is 2. The molecule has 0 aliphatic heterocycles. The van der Waals surface area contributed by atoms with E-state index in [9.17, 15) is 22.8 Å². The third-order valence-electron chi connectivity index (χ3n) is 5.72. The topological polar surface area (TPSA) is 118 Å². The molecule has 0 saturated heterocycles. The highest BCUT2D eigenvalue weighted by Gasteiger charge is 2.31. The number of fused-ring (bicyclic) bond motifs is 2. The quantitative estimate of drug-likeness (QED) is 0.363. The van der Waals surface area contributed by atoms with Crippen molar-refractivity contribution in [3.05, 3.63) is 82.7 Å². The van der Waals surface area contributed by atoms with Gasteiger partial charge in [0.1, 0.15) is 0 Å². The van der Waals surface area contributed by atoms with Crippen LogP contribution in [-0.4, -0.2) is 62.5 Å². The minimum Gasteiger partial charge on any atom is -0.354 e. The smallest absolute Gasteiger partial charge is 0.261 e. The van der Waals surface area contributed by atoms with Gasteiger partial charge in [0.15, 0.2) is 11.6 Å². The first-order valence-electron chi connectivity index (χ1n) is 11.0. The highest BCUT2D eigenvalue weighted by Crippen LogP contribution is 2.30. The summed E-state index contributed by atoms with van der Waals surface area (Å²) >= 11 is 0. The molecule has 0 fully saturated rings. The summed E-state index contributed by atoms with van der Waals surface area (Å²) in [7, 11) is 1.40. The van der Waals surface area contributed by atoms with Gasteiger partial charge in [0.2, 0.25) is 0 Å². The molecule has 0 spiro atoms. The zero-order valence-corrected chi connectivity index (χ0v) is 20.5. The lowest BCUT2D eigenvalue weighted by Crippen LogP contribution is -2.28. The SMILES string of the molecule is CN(C)CCCNC(=O)c1cn(C)cc1NS(=O)(=O)c1ccc2c(c1)C(=O)c1ccccc1C2=O. The molecular formula is C25H26N4O5S. The molecule has 182 valence electrons. The largest absolute Gasteiger partial charge is 0.354 e. The van der Waals surface area contributed by atoms with Gasteiger partial charge in [-0.1, -0.05) is 24.3 Å². The van der Waals surface area contributed by atoms with Crippen molar-refractivity contribution in [2.45, 2.75) is 11.3 Å². The van der Waals surface area contributed by atoms with Gasteiger partial charge in [-0.2, -0.15) is 0 Å². The second kappa shape index (κ2) is 9.47. The first-order chi connectivity index (χ1) is 16.6. The molecule has 1 heterocycles. The summed E-state index contributed by atoms with van der Waals surface area (Å²) in [5, 5.41) is 2.80. The van der Waals surface area contributed by atoms with Crippen molar-refractivity contribution in [2.75, 3.05) is 31.9 Å². The van der Waals surface area contributed by atoms with Crippen molar-refractivity contribution in [3.8, 4) is 0 Å². The number of rotatable bonds is 8. The molecule has 2 aromatic carbocycles. The Bertz CT molecular complexity index is 1440. The third kappa shape index (κ3) is 4.89. The van der Waals surface area contributed by atoms with E-state index in [-0.39, 0.29) is 38.6 Å². The average Bonchev–Trinajstić information content (AvgIpc) is 3.19. The predicted molar refractivity (Wildman–Crippen MR) is 131 cm³/mol. The molecule has 4 rings (SSSR count). The summed E-state index contributed by atoms with van der Waals surface area (Å²) in [5.41, 5.74) is 1.02. The first-order valence-corrected chi connectivity index (χ1v) is 12.5. The second-order valence-corrected chi connectivity index (χ2v) is 10.4. The first kappa shape index (κ1) is 24.4. The number of anilines is 1. The maximum Gasteiger partial charge on any atom is 0.261 e. The Kier molecular flexibility index (Phi) is 6.60. The highest BCUT2D eigenvalue weighted by molar-refractivity contribution is 7.92. The van der Waals surface area contributed by atoms with E-state index in [4.69, 9.17) is 0 Å². The number of amides is 1. The van der Waals surface area contributed by atoms with Crippen LogP contribution in [0.4, 0.5) is 5.69 Å². The van der Waals surface area contributed by atoms with Crippen LogP contribution in [0.1, 0.15) is 48.6 Å². The maximum absolute atomic E-state index is 13.2. The van der Waals surface area contributed by atoms with E-state index in [1.165, 1.54) is 30.6 Å². The van der Waals surface area contributed by atoms with Crippen LogP contribution in [0, 0.1) is 0 Å². The van der Waals surface area contributed by atoms with E-state index in [2.05, 4.69) is 10.0 Å². The van der Waals surface area contributed by atoms with Crippen LogP contribution in [0.3, 0.4) is 0 Å². The summed E-state index contributed by atoms with van der Waals surface area (Å²) in [6.07, 6.45) is 3.78. The van der Waals surface area contributed by atoms with Crippen LogP contribution in [0.5, 0.6) is 0 Å². The molecule has 0 unspecified atom stereocenters. The van der Waals surface area contributed by atoms with Gasteiger partial charge in [0.05, 0.1) is 16.1 Å². The van der Waals surface area contributed by atoms with Gasteiger partial charge in [-0.15, -0.1) is 0 Å². The van der Waals surface area contributed by atoms with Gasteiger partial charge in [-0.25, -0.2) is 8.42 Å². The Morgan fingerprint density at radius 3 is 2.23 bits per heavy atom. The molecule has 0 atom stereocenters. The molecule has 2 N–H and O–H groups in total. The summed E-state index contributed by atoms with van der Waals surface area (Å²) in [6, 6.07) is 10.3. The van der Waals surface area contributed by atoms with Gasteiger partial charge >= 0.3 is 0 Å². The van der Waals surface area contributed by atoms with Crippen LogP contribution in [0.2, 0.25) is 0 Å². The Labute approximate surface area is 203 Å². The Morgan fingerprint density at radius 1 is 0.943 bits per heavy atom. The molecule has 0 saturated carbocycles. The van der Waals surface area contributed by atoms with E-state index < -0.39 is 21.7 Å². The number of sulfonamides is 1. The van der Waals surface area contributed by atoms with Crippen molar-refractivity contribution >= 4 is 33.2 Å². The minimum absolute atomic E-state index is 0.0310. The second-order valence-electron chi connectivity index (χ2n) is 8.68. The zero-order valence-electron chi connectivity index (χ0n) is 19.7. The van der Waals surface area contributed by atoms with Crippen molar-refractivity contribution in [1.29, 1.82) is 0 Å². The van der Waals surface area contributed by atoms with Gasteiger partial charge in [-0.3, -0.25) is 19.1 Å². The van der Waals surface area contributed by atoms with Gasteiger partial charge in [0.25, 0.3) is 15.9 Å². The molecule has 10 heteroatoms. The monoisotopic (exact) mass is 494 g/mol. The molecule has 1 aliphatic rings. The number of aromatic nitrogens is 1. The summed E-state index contributed by atoms with van der Waals surface area (Å²) < 4.78 is 30.4. The lowest BCUT2D eigenvalue weighted by molar-refractivity contribution is 0.0952. The number of nitrogens with one attached hydrogen (secondary N) is 2. The third-order valence-corrected chi connectivity index (χ3v) is 7.08. The minimum atomic E-state index is -4.16. The lowest BCUT2D eigenvalue weighted by atomic mass is 9.84. The van der Waals surface area contributed by atoms with E-state index in [1.54, 1.807) is 35.9 Å². The van der Waals surface area contributed by atoms with E-state index in [0.29, 0.717) is 12.1 Å². The lowest BCUT2D eigenvalue weighted by Gasteiger charge is -2.18. The van der Waals surface area contributed by atoms with Gasteiger partial charge in [-0.05, 0) is 45.3 Å². The maximum atomic E-state index is 13.2. The molecule has 3 aromatic rings. The summed E-state index contributed by atoms with van der Waals surface area (Å²) in [6.45, 7) is 1.25. The number of carbonyl (C=O) groups is 3. The molecule has 1 aromatic heterocycles. The number of benzene rings is 2. The Morgan fingerprint density at radius 2 is 1.57 bits per heavy atom. The zero-order chi connectivity index (χ0) is 25.3. The van der Waals surface area contributed by atoms with E-state index in [1.807, 2.05) is 19.0 Å². The fraction of sp³-hybridized carbons (Fsp3) is 0.240. The van der Waals surface area contributed by atoms with E-state index >= 15 is 0 Å². The van der Waals surface area contributed by atoms with Crippen molar-refractivity contribution < 1.29 is 22.8 Å².